The summed E-state index contributed by atoms with van der Waals surface area (Å²) in [4.78, 5) is 47.4. The zero-order chi connectivity index (χ0) is 29.4. The number of anilines is 1. The van der Waals surface area contributed by atoms with Crippen molar-refractivity contribution < 1.29 is 49.1 Å². The summed E-state index contributed by atoms with van der Waals surface area (Å²) in [5, 5.41) is 44.4. The number of carboxylic acid groups (broad SMARTS) is 3. The van der Waals surface area contributed by atoms with Crippen molar-refractivity contribution in [2.45, 2.75) is 50.2 Å². The number of carbonyl (C=O) groups excluding carboxylic acids is 1. The van der Waals surface area contributed by atoms with Gasteiger partial charge < -0.3 is 35.3 Å². The number of carboxylic acids is 3. The molecule has 2 heterocycles. The van der Waals surface area contributed by atoms with Crippen molar-refractivity contribution in [3.05, 3.63) is 65.0 Å². The number of aliphatic hydroxyl groups is 2. The molecule has 40 heavy (non-hydrogen) atoms. The maximum Gasteiger partial charge on any atom is 0.336 e. The van der Waals surface area contributed by atoms with E-state index in [1.54, 1.807) is 17.0 Å². The third kappa shape index (κ3) is 8.07. The third-order valence-electron chi connectivity index (χ3n) is 6.84. The van der Waals surface area contributed by atoms with Gasteiger partial charge in [0.15, 0.2) is 5.60 Å². The van der Waals surface area contributed by atoms with Crippen LogP contribution in [0.1, 0.15) is 59.7 Å². The third-order valence-corrected chi connectivity index (χ3v) is 6.84. The summed E-state index contributed by atoms with van der Waals surface area (Å²) in [5.74, 6) is -5.60. The van der Waals surface area contributed by atoms with E-state index in [2.05, 4.69) is 4.90 Å². The number of β-amino-alcohol motifs (C(OH)–C–C–N with tert-alkyl or cyclic N) is 1. The van der Waals surface area contributed by atoms with Crippen molar-refractivity contribution in [3.63, 3.8) is 0 Å². The number of benzene rings is 2. The van der Waals surface area contributed by atoms with Crippen LogP contribution in [0.25, 0.3) is 0 Å². The Balaban J connectivity index is 0.000000289. The van der Waals surface area contributed by atoms with Gasteiger partial charge in [-0.15, -0.1) is 0 Å². The van der Waals surface area contributed by atoms with E-state index in [0.717, 1.165) is 42.7 Å². The first-order valence-electron chi connectivity index (χ1n) is 12.9. The molecule has 0 saturated carbocycles. The highest BCUT2D eigenvalue weighted by atomic mass is 19.1. The van der Waals surface area contributed by atoms with Gasteiger partial charge in [0, 0.05) is 24.3 Å². The lowest BCUT2D eigenvalue weighted by atomic mass is 9.96. The van der Waals surface area contributed by atoms with Gasteiger partial charge in [-0.1, -0.05) is 18.2 Å². The molecule has 1 unspecified atom stereocenters. The second-order valence-corrected chi connectivity index (χ2v) is 9.96. The molecule has 12 heteroatoms. The molecule has 2 aliphatic heterocycles. The largest absolute Gasteiger partial charge is 0.481 e. The first-order chi connectivity index (χ1) is 18.9. The highest BCUT2D eigenvalue weighted by molar-refractivity contribution is 6.06. The molecule has 216 valence electrons. The van der Waals surface area contributed by atoms with Crippen molar-refractivity contribution in [1.29, 1.82) is 0 Å². The zero-order valence-corrected chi connectivity index (χ0v) is 21.8. The second kappa shape index (κ2) is 13.5. The maximum atomic E-state index is 13.5. The Bertz CT molecular complexity index is 1230. The summed E-state index contributed by atoms with van der Waals surface area (Å²) in [6.07, 6.45) is 1.35. The molecular weight excluding hydrogens is 527 g/mol. The smallest absolute Gasteiger partial charge is 0.336 e. The van der Waals surface area contributed by atoms with E-state index in [1.807, 2.05) is 18.2 Å². The van der Waals surface area contributed by atoms with E-state index >= 15 is 0 Å². The fraction of sp³-hybridized carbons (Fsp3) is 0.429. The molecule has 0 bridgehead atoms. The average Bonchev–Trinajstić information content (AvgIpc) is 3.40. The normalized spacial score (nSPS) is 15.9. The van der Waals surface area contributed by atoms with E-state index in [1.165, 1.54) is 25.0 Å². The number of amides is 1. The number of aliphatic carboxylic acids is 3. The van der Waals surface area contributed by atoms with Gasteiger partial charge in [-0.25, -0.2) is 9.18 Å². The lowest BCUT2D eigenvalue weighted by Gasteiger charge is -2.30. The van der Waals surface area contributed by atoms with E-state index in [-0.39, 0.29) is 5.91 Å². The van der Waals surface area contributed by atoms with Crippen molar-refractivity contribution in [3.8, 4) is 0 Å². The Hall–Kier alpha value is -3.87. The number of rotatable bonds is 9. The van der Waals surface area contributed by atoms with Crippen LogP contribution in [0.4, 0.5) is 10.1 Å². The van der Waals surface area contributed by atoms with Crippen LogP contribution in [0.15, 0.2) is 42.5 Å². The van der Waals surface area contributed by atoms with E-state index < -0.39 is 48.3 Å². The number of hydrogen-bond acceptors (Lipinski definition) is 7. The van der Waals surface area contributed by atoms with Crippen LogP contribution in [0.3, 0.4) is 0 Å². The summed E-state index contributed by atoms with van der Waals surface area (Å²) in [6, 6.07) is 11.7. The predicted molar refractivity (Wildman–Crippen MR) is 141 cm³/mol. The SMILES string of the molecule is O=C(O)CC(O)(CC(=O)O)C(=O)O.O=C(c1cccc(F)c1)N1CCCc2cc(C(O)CN3CCCC3)ccc21. The number of halogens is 1. The van der Waals surface area contributed by atoms with Gasteiger partial charge in [-0.2, -0.15) is 0 Å². The van der Waals surface area contributed by atoms with E-state index in [9.17, 15) is 28.7 Å². The molecular formula is C28H33FN2O9. The Kier molecular flexibility index (Phi) is 10.3. The van der Waals surface area contributed by atoms with Crippen molar-refractivity contribution in [1.82, 2.24) is 4.90 Å². The molecule has 1 amide bonds. The first kappa shape index (κ1) is 30.7. The highest BCUT2D eigenvalue weighted by Crippen LogP contribution is 2.31. The van der Waals surface area contributed by atoms with Crippen LogP contribution in [0.5, 0.6) is 0 Å². The predicted octanol–water partition coefficient (Wildman–Crippen LogP) is 2.30. The fourth-order valence-corrected chi connectivity index (χ4v) is 4.84. The van der Waals surface area contributed by atoms with Gasteiger partial charge in [-0.05, 0) is 74.2 Å². The topological polar surface area (TPSA) is 176 Å². The number of hydrogen-bond donors (Lipinski definition) is 5. The molecule has 5 N–H and O–H groups in total. The molecule has 1 fully saturated rings. The maximum absolute atomic E-state index is 13.5. The molecule has 0 spiro atoms. The standard InChI is InChI=1S/C22H25FN2O2.C6H8O7/c23-19-7-3-5-18(14-19)22(27)25-12-4-6-16-13-17(8-9-20(16)25)21(26)15-24-10-1-2-11-24;7-3(8)1-6(13,5(11)12)2-4(9)10/h3,5,7-9,13-14,21,26H,1-2,4,6,10-12,15H2;13H,1-2H2,(H,7,8)(H,9,10)(H,11,12). The molecule has 1 atom stereocenters. The van der Waals surface area contributed by atoms with Crippen molar-refractivity contribution >= 4 is 29.5 Å². The van der Waals surface area contributed by atoms with E-state index in [4.69, 9.17) is 20.4 Å². The number of likely N-dealkylation sites (tertiary alicyclic amines) is 1. The van der Waals surface area contributed by atoms with Gasteiger partial charge in [0.2, 0.25) is 0 Å². The summed E-state index contributed by atoms with van der Waals surface area (Å²) in [5.41, 5.74) is 0.468. The van der Waals surface area contributed by atoms with Crippen molar-refractivity contribution in [2.24, 2.45) is 0 Å². The van der Waals surface area contributed by atoms with Crippen LogP contribution in [-0.4, -0.2) is 86.0 Å². The number of fused-ring (bicyclic) bond motifs is 1. The fourth-order valence-electron chi connectivity index (χ4n) is 4.84. The minimum atomic E-state index is -2.74. The Labute approximate surface area is 230 Å². The minimum absolute atomic E-state index is 0.180. The van der Waals surface area contributed by atoms with Gasteiger partial charge in [0.05, 0.1) is 18.9 Å². The molecule has 4 rings (SSSR count). The number of carbonyl (C=O) groups is 4. The molecule has 2 aliphatic rings. The molecule has 0 aliphatic carbocycles. The Morgan fingerprint density at radius 3 is 2.12 bits per heavy atom. The van der Waals surface area contributed by atoms with Gasteiger partial charge in [-0.3, -0.25) is 14.4 Å². The lowest BCUT2D eigenvalue weighted by molar-refractivity contribution is -0.170. The molecule has 0 aromatic heterocycles. The zero-order valence-electron chi connectivity index (χ0n) is 21.8. The Morgan fingerprint density at radius 2 is 1.55 bits per heavy atom. The van der Waals surface area contributed by atoms with Crippen molar-refractivity contribution in [2.75, 3.05) is 31.1 Å². The van der Waals surface area contributed by atoms with Gasteiger partial charge in [0.25, 0.3) is 5.91 Å². The van der Waals surface area contributed by atoms with E-state index in [0.29, 0.717) is 18.7 Å². The summed E-state index contributed by atoms with van der Waals surface area (Å²) >= 11 is 0. The van der Waals surface area contributed by atoms with Crippen LogP contribution < -0.4 is 4.90 Å². The van der Waals surface area contributed by atoms with Crippen LogP contribution >= 0.6 is 0 Å². The Morgan fingerprint density at radius 1 is 0.900 bits per heavy atom. The van der Waals surface area contributed by atoms with Gasteiger partial charge >= 0.3 is 17.9 Å². The molecule has 1 saturated heterocycles. The molecule has 0 radical (unpaired) electrons. The van der Waals surface area contributed by atoms with Crippen LogP contribution in [0, 0.1) is 5.82 Å². The van der Waals surface area contributed by atoms with Crippen LogP contribution in [0.2, 0.25) is 0 Å². The molecule has 11 nitrogen and oxygen atoms in total. The monoisotopic (exact) mass is 560 g/mol. The average molecular weight is 561 g/mol. The first-order valence-corrected chi connectivity index (χ1v) is 12.9. The summed E-state index contributed by atoms with van der Waals surface area (Å²) < 4.78 is 13.5. The number of aryl methyl sites for hydroxylation is 1. The molecule has 2 aromatic rings. The molecule has 2 aromatic carbocycles. The minimum Gasteiger partial charge on any atom is -0.481 e. The highest BCUT2D eigenvalue weighted by Gasteiger charge is 2.40. The lowest BCUT2D eigenvalue weighted by Crippen LogP contribution is -2.42. The number of aliphatic hydroxyl groups excluding tert-OH is 1. The second-order valence-electron chi connectivity index (χ2n) is 9.96. The number of nitrogens with zero attached hydrogens (tertiary/aromatic N) is 2. The van der Waals surface area contributed by atoms with Gasteiger partial charge in [0.1, 0.15) is 5.82 Å². The summed E-state index contributed by atoms with van der Waals surface area (Å²) in [6.45, 7) is 3.39. The van der Waals surface area contributed by atoms with Crippen LogP contribution in [-0.2, 0) is 20.8 Å². The summed E-state index contributed by atoms with van der Waals surface area (Å²) in [7, 11) is 0. The quantitative estimate of drug-likeness (QED) is 0.306.